The monoisotopic (exact) mass is 512 g/mol. The van der Waals surface area contributed by atoms with Gasteiger partial charge < -0.3 is 14.2 Å². The molecule has 0 spiro atoms. The molecule has 33 heavy (non-hydrogen) atoms. The van der Waals surface area contributed by atoms with E-state index in [1.807, 2.05) is 62.8 Å². The molecule has 1 atom stereocenters. The zero-order chi connectivity index (χ0) is 23.8. The summed E-state index contributed by atoms with van der Waals surface area (Å²) in [7, 11) is 1.95. The first-order valence-electron chi connectivity index (χ1n) is 11.1. The lowest BCUT2D eigenvalue weighted by molar-refractivity contribution is 0.0196. The molecule has 0 bridgehead atoms. The minimum atomic E-state index is -0.576. The predicted molar refractivity (Wildman–Crippen MR) is 132 cm³/mol. The van der Waals surface area contributed by atoms with Gasteiger partial charge in [0.2, 0.25) is 0 Å². The van der Waals surface area contributed by atoms with Crippen LogP contribution in [0.3, 0.4) is 0 Å². The Balaban J connectivity index is 1.74. The molecule has 3 aromatic rings. The maximum Gasteiger partial charge on any atom is 0.410 e. The van der Waals surface area contributed by atoms with E-state index in [-0.39, 0.29) is 18.0 Å². The fraction of sp³-hybridized carbons (Fsp3) is 0.400. The molecule has 1 unspecified atom stereocenters. The van der Waals surface area contributed by atoms with E-state index in [0.29, 0.717) is 24.5 Å². The Labute approximate surface area is 202 Å². The van der Waals surface area contributed by atoms with Crippen molar-refractivity contribution in [2.24, 2.45) is 7.05 Å². The zero-order valence-corrected chi connectivity index (χ0v) is 21.0. The Hall–Kier alpha value is -2.87. The molecule has 0 N–H and O–H groups in total. The number of benzene rings is 1. The van der Waals surface area contributed by atoms with Gasteiger partial charge in [0.15, 0.2) is 5.82 Å². The number of hydrogen-bond donors (Lipinski definition) is 0. The minimum Gasteiger partial charge on any atom is -0.444 e. The molecule has 2 aromatic heterocycles. The van der Waals surface area contributed by atoms with Gasteiger partial charge in [0.25, 0.3) is 5.91 Å². The van der Waals surface area contributed by atoms with Crippen LogP contribution in [0.15, 0.2) is 53.3 Å². The van der Waals surface area contributed by atoms with Crippen molar-refractivity contribution in [2.75, 3.05) is 18.0 Å². The second kappa shape index (κ2) is 9.17. The molecular formula is C25H29BrN4O3. The van der Waals surface area contributed by atoms with E-state index < -0.39 is 5.60 Å². The number of aryl methyl sites for hydroxylation is 1. The average Bonchev–Trinajstić information content (AvgIpc) is 3.15. The summed E-state index contributed by atoms with van der Waals surface area (Å²) >= 11 is 3.44. The van der Waals surface area contributed by atoms with Crippen molar-refractivity contribution >= 4 is 44.7 Å². The number of halogens is 1. The Kier molecular flexibility index (Phi) is 6.47. The SMILES string of the molecule is Cn1ccc2ccnc(N(C(=O)c3ccc(Br)cc3)C3CCCN(C(=O)OC(C)(C)C)C3)c21. The molecule has 1 aromatic carbocycles. The number of nitrogens with zero attached hydrogens (tertiary/aromatic N) is 4. The fourth-order valence-electron chi connectivity index (χ4n) is 4.22. The molecule has 3 heterocycles. The third-order valence-electron chi connectivity index (χ3n) is 5.72. The van der Waals surface area contributed by atoms with Crippen LogP contribution in [0.5, 0.6) is 0 Å². The predicted octanol–water partition coefficient (Wildman–Crippen LogP) is 5.38. The first-order valence-corrected chi connectivity index (χ1v) is 11.9. The number of aromatic nitrogens is 2. The molecular weight excluding hydrogens is 484 g/mol. The van der Waals surface area contributed by atoms with Crippen LogP contribution in [0.25, 0.3) is 10.9 Å². The van der Waals surface area contributed by atoms with Crippen molar-refractivity contribution in [1.29, 1.82) is 0 Å². The van der Waals surface area contributed by atoms with Crippen molar-refractivity contribution in [2.45, 2.75) is 45.3 Å². The normalized spacial score (nSPS) is 16.6. The summed E-state index contributed by atoms with van der Waals surface area (Å²) in [5.74, 6) is 0.462. The minimum absolute atomic E-state index is 0.139. The Morgan fingerprint density at radius 2 is 1.88 bits per heavy atom. The van der Waals surface area contributed by atoms with Crippen LogP contribution in [0.4, 0.5) is 10.6 Å². The molecule has 2 amide bonds. The third kappa shape index (κ3) is 5.05. The summed E-state index contributed by atoms with van der Waals surface area (Å²) in [6.45, 7) is 6.56. The lowest BCUT2D eigenvalue weighted by Crippen LogP contribution is -2.53. The van der Waals surface area contributed by atoms with Crippen LogP contribution in [0.2, 0.25) is 0 Å². The van der Waals surface area contributed by atoms with Gasteiger partial charge in [0, 0.05) is 48.0 Å². The van der Waals surface area contributed by atoms with Crippen molar-refractivity contribution in [1.82, 2.24) is 14.5 Å². The van der Waals surface area contributed by atoms with Gasteiger partial charge in [-0.25, -0.2) is 9.78 Å². The Morgan fingerprint density at radius 3 is 2.58 bits per heavy atom. The number of likely N-dealkylation sites (tertiary alicyclic amines) is 1. The first kappa shape index (κ1) is 23.3. The van der Waals surface area contributed by atoms with Crippen molar-refractivity contribution in [3.05, 3.63) is 58.8 Å². The number of carbonyl (C=O) groups excluding carboxylic acids is 2. The molecule has 1 aliphatic heterocycles. The van der Waals surface area contributed by atoms with Gasteiger partial charge in [0.05, 0.1) is 11.6 Å². The summed E-state index contributed by atoms with van der Waals surface area (Å²) in [6, 6.07) is 11.0. The number of fused-ring (bicyclic) bond motifs is 1. The van der Waals surface area contributed by atoms with Crippen LogP contribution in [0.1, 0.15) is 44.0 Å². The molecule has 1 aliphatic rings. The lowest BCUT2D eigenvalue weighted by atomic mass is 10.0. The fourth-order valence-corrected chi connectivity index (χ4v) is 4.48. The maximum atomic E-state index is 13.9. The molecule has 8 heteroatoms. The highest BCUT2D eigenvalue weighted by atomic mass is 79.9. The van der Waals surface area contributed by atoms with Crippen molar-refractivity contribution < 1.29 is 14.3 Å². The van der Waals surface area contributed by atoms with E-state index in [9.17, 15) is 9.59 Å². The molecule has 0 aliphatic carbocycles. The van der Waals surface area contributed by atoms with E-state index in [1.165, 1.54) is 0 Å². The number of pyridine rings is 1. The first-order chi connectivity index (χ1) is 15.6. The summed E-state index contributed by atoms with van der Waals surface area (Å²) in [5, 5.41) is 1.01. The van der Waals surface area contributed by atoms with Crippen LogP contribution >= 0.6 is 15.9 Å². The van der Waals surface area contributed by atoms with Gasteiger partial charge in [-0.1, -0.05) is 15.9 Å². The summed E-state index contributed by atoms with van der Waals surface area (Å²) in [5.41, 5.74) is 0.880. The summed E-state index contributed by atoms with van der Waals surface area (Å²) in [6.07, 6.45) is 4.88. The topological polar surface area (TPSA) is 67.7 Å². The number of rotatable bonds is 3. The third-order valence-corrected chi connectivity index (χ3v) is 6.25. The van der Waals surface area contributed by atoms with Gasteiger partial charge >= 0.3 is 6.09 Å². The number of ether oxygens (including phenoxy) is 1. The van der Waals surface area contributed by atoms with Crippen molar-refractivity contribution in [3.63, 3.8) is 0 Å². The summed E-state index contributed by atoms with van der Waals surface area (Å²) < 4.78 is 8.49. The van der Waals surface area contributed by atoms with Gasteiger partial charge in [-0.05, 0) is 70.0 Å². The van der Waals surface area contributed by atoms with Gasteiger partial charge in [-0.2, -0.15) is 0 Å². The lowest BCUT2D eigenvalue weighted by Gasteiger charge is -2.39. The van der Waals surface area contributed by atoms with Crippen LogP contribution in [-0.4, -0.2) is 51.2 Å². The zero-order valence-electron chi connectivity index (χ0n) is 19.4. The van der Waals surface area contributed by atoms with Crippen LogP contribution < -0.4 is 4.90 Å². The van der Waals surface area contributed by atoms with E-state index in [1.54, 1.807) is 28.1 Å². The molecule has 7 nitrogen and oxygen atoms in total. The Morgan fingerprint density at radius 1 is 1.15 bits per heavy atom. The second-order valence-corrected chi connectivity index (χ2v) is 10.3. The van der Waals surface area contributed by atoms with E-state index in [0.717, 1.165) is 28.2 Å². The van der Waals surface area contributed by atoms with Gasteiger partial charge in [-0.15, -0.1) is 0 Å². The molecule has 0 radical (unpaired) electrons. The van der Waals surface area contributed by atoms with E-state index in [2.05, 4.69) is 20.9 Å². The molecule has 0 saturated carbocycles. The smallest absolute Gasteiger partial charge is 0.410 e. The molecule has 4 rings (SSSR count). The number of hydrogen-bond acceptors (Lipinski definition) is 4. The number of anilines is 1. The highest BCUT2D eigenvalue weighted by Gasteiger charge is 2.35. The summed E-state index contributed by atoms with van der Waals surface area (Å²) in [4.78, 5) is 34.8. The Bertz CT molecular complexity index is 1170. The highest BCUT2D eigenvalue weighted by molar-refractivity contribution is 9.10. The average molecular weight is 513 g/mol. The number of piperidine rings is 1. The van der Waals surface area contributed by atoms with Crippen molar-refractivity contribution in [3.8, 4) is 0 Å². The van der Waals surface area contributed by atoms with Crippen LogP contribution in [-0.2, 0) is 11.8 Å². The number of carbonyl (C=O) groups is 2. The van der Waals surface area contributed by atoms with Gasteiger partial charge in [0.1, 0.15) is 5.60 Å². The second-order valence-electron chi connectivity index (χ2n) is 9.40. The number of amides is 2. The van der Waals surface area contributed by atoms with Gasteiger partial charge in [-0.3, -0.25) is 9.69 Å². The highest BCUT2D eigenvalue weighted by Crippen LogP contribution is 2.31. The molecule has 174 valence electrons. The standard InChI is InChI=1S/C25H29BrN4O3/c1-25(2,3)33-24(32)29-14-5-6-20(16-29)30(23(31)18-7-9-19(26)10-8-18)22-21-17(11-13-27-22)12-15-28(21)4/h7-13,15,20H,5-6,14,16H2,1-4H3. The maximum absolute atomic E-state index is 13.9. The molecule has 1 fully saturated rings. The van der Waals surface area contributed by atoms with E-state index >= 15 is 0 Å². The largest absolute Gasteiger partial charge is 0.444 e. The van der Waals surface area contributed by atoms with Crippen LogP contribution in [0, 0.1) is 0 Å². The quantitative estimate of drug-likeness (QED) is 0.472. The van der Waals surface area contributed by atoms with E-state index in [4.69, 9.17) is 4.74 Å². The molecule has 1 saturated heterocycles.